The zero-order valence-corrected chi connectivity index (χ0v) is 19.4. The second-order valence-corrected chi connectivity index (χ2v) is 9.34. The molecule has 2 fully saturated rings. The maximum atomic E-state index is 13.8. The number of carbonyl (C=O) groups excluding carboxylic acids is 1. The monoisotopic (exact) mass is 456 g/mol. The minimum absolute atomic E-state index is 0.0207. The van der Waals surface area contributed by atoms with Crippen molar-refractivity contribution in [1.29, 1.82) is 0 Å². The van der Waals surface area contributed by atoms with Gasteiger partial charge >= 0.3 is 0 Å². The average Bonchev–Trinajstić information content (AvgIpc) is 3.30. The highest BCUT2D eigenvalue weighted by Gasteiger charge is 2.36. The molecule has 4 nitrogen and oxygen atoms in total. The van der Waals surface area contributed by atoms with E-state index in [2.05, 4.69) is 13.2 Å². The number of halogens is 1. The summed E-state index contributed by atoms with van der Waals surface area (Å²) >= 11 is 1.50. The Hall–Kier alpha value is -2.15. The summed E-state index contributed by atoms with van der Waals surface area (Å²) in [5, 5.41) is 1.93. The number of thioether (sulfide) groups is 1. The van der Waals surface area contributed by atoms with Crippen molar-refractivity contribution in [2.75, 3.05) is 19.8 Å². The summed E-state index contributed by atoms with van der Waals surface area (Å²) in [5.74, 6) is 0.000793. The molecule has 0 bridgehead atoms. The fourth-order valence-corrected chi connectivity index (χ4v) is 4.94. The van der Waals surface area contributed by atoms with Crippen LogP contribution in [0.15, 0.2) is 83.0 Å². The van der Waals surface area contributed by atoms with Crippen molar-refractivity contribution in [2.24, 2.45) is 11.7 Å². The van der Waals surface area contributed by atoms with Gasteiger partial charge in [0.2, 0.25) is 5.91 Å². The number of likely N-dealkylation sites (tertiary alicyclic amines) is 1. The van der Waals surface area contributed by atoms with Gasteiger partial charge in [-0.2, -0.15) is 0 Å². The molecule has 0 aromatic heterocycles. The molecule has 3 rings (SSSR count). The third-order valence-corrected chi connectivity index (χ3v) is 6.95. The van der Waals surface area contributed by atoms with Gasteiger partial charge in [0.25, 0.3) is 0 Å². The molecular formula is C26H33FN2O2S. The van der Waals surface area contributed by atoms with Crippen LogP contribution in [0.2, 0.25) is 0 Å². The highest BCUT2D eigenvalue weighted by atomic mass is 32.2. The first-order valence-corrected chi connectivity index (χ1v) is 12.1. The molecule has 0 aromatic rings. The molecule has 0 aromatic carbocycles. The van der Waals surface area contributed by atoms with Crippen LogP contribution in [0.4, 0.5) is 4.39 Å². The summed E-state index contributed by atoms with van der Waals surface area (Å²) in [5.41, 5.74) is 7.97. The highest BCUT2D eigenvalue weighted by molar-refractivity contribution is 8.05. The van der Waals surface area contributed by atoms with Gasteiger partial charge < -0.3 is 15.4 Å². The predicted molar refractivity (Wildman–Crippen MR) is 131 cm³/mol. The van der Waals surface area contributed by atoms with Crippen molar-refractivity contribution in [3.63, 3.8) is 0 Å². The van der Waals surface area contributed by atoms with E-state index < -0.39 is 6.04 Å². The first-order chi connectivity index (χ1) is 15.5. The number of carbonyl (C=O) groups is 1. The topological polar surface area (TPSA) is 55.6 Å². The van der Waals surface area contributed by atoms with Crippen LogP contribution in [0.5, 0.6) is 0 Å². The van der Waals surface area contributed by atoms with E-state index in [4.69, 9.17) is 10.5 Å². The number of hydrogen-bond acceptors (Lipinski definition) is 4. The Labute approximate surface area is 195 Å². The molecule has 6 heteroatoms. The molecule has 0 spiro atoms. The number of nitrogens with zero attached hydrogens (tertiary/aromatic N) is 1. The van der Waals surface area contributed by atoms with Crippen molar-refractivity contribution >= 4 is 17.7 Å². The maximum Gasteiger partial charge on any atom is 0.240 e. The first kappa shape index (κ1) is 24.5. The third kappa shape index (κ3) is 6.67. The van der Waals surface area contributed by atoms with E-state index in [0.29, 0.717) is 19.8 Å². The Balaban J connectivity index is 1.62. The SMILES string of the molecule is C=C1/C=C\C=C/C\C(F)=C/C=C1/C=C/SC(=C)[C@@H]1CCCN1C(=O)[C@@H](N)C1CCOCC1. The molecule has 2 heterocycles. The molecule has 0 radical (unpaired) electrons. The highest BCUT2D eigenvalue weighted by Crippen LogP contribution is 2.32. The van der Waals surface area contributed by atoms with Crippen LogP contribution in [0, 0.1) is 5.92 Å². The number of allylic oxidation sites excluding steroid dienone is 10. The second kappa shape index (κ2) is 12.2. The van der Waals surface area contributed by atoms with E-state index in [1.54, 1.807) is 12.2 Å². The molecule has 1 aliphatic carbocycles. The standard InChI is InChI=1S/C26H33FN2O2S/c1-19-7-4-3-5-8-23(27)11-10-21(19)14-18-32-20(2)24-9-6-15-29(24)26(30)25(28)22-12-16-31-17-13-22/h3-5,7,10-11,14,18,22,24-25H,1-2,6,8-9,12-13,15-17,28H2/b5-3-,7-4-,18-14+,21-10-,23-11+/t24-,25-/m0/s1. The molecule has 2 saturated heterocycles. The molecule has 32 heavy (non-hydrogen) atoms. The zero-order valence-electron chi connectivity index (χ0n) is 18.5. The normalized spacial score (nSPS) is 29.1. The third-order valence-electron chi connectivity index (χ3n) is 6.11. The van der Waals surface area contributed by atoms with Crippen LogP contribution >= 0.6 is 11.8 Å². The van der Waals surface area contributed by atoms with Gasteiger partial charge in [-0.05, 0) is 60.3 Å². The molecule has 2 atom stereocenters. The largest absolute Gasteiger partial charge is 0.381 e. The quantitative estimate of drug-likeness (QED) is 0.586. The Morgan fingerprint density at radius 1 is 1.28 bits per heavy atom. The summed E-state index contributed by atoms with van der Waals surface area (Å²) in [6.07, 6.45) is 16.3. The zero-order chi connectivity index (χ0) is 22.9. The molecule has 172 valence electrons. The summed E-state index contributed by atoms with van der Waals surface area (Å²) in [7, 11) is 0. The van der Waals surface area contributed by atoms with Crippen molar-refractivity contribution in [2.45, 2.75) is 44.2 Å². The lowest BCUT2D eigenvalue weighted by molar-refractivity contribution is -0.134. The molecular weight excluding hydrogens is 423 g/mol. The predicted octanol–water partition coefficient (Wildman–Crippen LogP) is 5.34. The average molecular weight is 457 g/mol. The van der Waals surface area contributed by atoms with E-state index in [-0.39, 0.29) is 30.1 Å². The van der Waals surface area contributed by atoms with Crippen molar-refractivity contribution in [3.05, 3.63) is 83.0 Å². The lowest BCUT2D eigenvalue weighted by Crippen LogP contribution is -2.50. The van der Waals surface area contributed by atoms with Crippen LogP contribution < -0.4 is 5.73 Å². The Kier molecular flexibility index (Phi) is 9.33. The van der Waals surface area contributed by atoms with E-state index in [1.807, 2.05) is 34.6 Å². The maximum absolute atomic E-state index is 13.8. The number of hydrogen-bond donors (Lipinski definition) is 1. The first-order valence-electron chi connectivity index (χ1n) is 11.2. The summed E-state index contributed by atoms with van der Waals surface area (Å²) in [6.45, 7) is 10.4. The van der Waals surface area contributed by atoms with Crippen molar-refractivity contribution in [3.8, 4) is 0 Å². The van der Waals surface area contributed by atoms with Gasteiger partial charge in [0, 0.05) is 31.1 Å². The van der Waals surface area contributed by atoms with E-state index >= 15 is 0 Å². The minimum atomic E-state index is -0.480. The second-order valence-electron chi connectivity index (χ2n) is 8.30. The van der Waals surface area contributed by atoms with Crippen LogP contribution in [0.25, 0.3) is 0 Å². The number of rotatable bonds is 6. The van der Waals surface area contributed by atoms with Gasteiger partial charge in [0.15, 0.2) is 0 Å². The van der Waals surface area contributed by atoms with Crippen LogP contribution in [-0.2, 0) is 9.53 Å². The lowest BCUT2D eigenvalue weighted by atomic mass is 9.91. The number of ether oxygens (including phenoxy) is 1. The smallest absolute Gasteiger partial charge is 0.240 e. The number of amides is 1. The molecule has 3 aliphatic rings. The van der Waals surface area contributed by atoms with Crippen LogP contribution in [-0.4, -0.2) is 42.6 Å². The fourth-order valence-electron chi connectivity index (χ4n) is 4.15. The van der Waals surface area contributed by atoms with Crippen molar-refractivity contribution in [1.82, 2.24) is 4.90 Å². The Bertz CT molecular complexity index is 865. The van der Waals surface area contributed by atoms with E-state index in [9.17, 15) is 9.18 Å². The van der Waals surface area contributed by atoms with Gasteiger partial charge in [-0.25, -0.2) is 4.39 Å². The van der Waals surface area contributed by atoms with Crippen LogP contribution in [0.1, 0.15) is 32.1 Å². The fraction of sp³-hybridized carbons (Fsp3) is 0.423. The van der Waals surface area contributed by atoms with Gasteiger partial charge in [0.05, 0.1) is 12.1 Å². The molecule has 2 aliphatic heterocycles. The van der Waals surface area contributed by atoms with Crippen molar-refractivity contribution < 1.29 is 13.9 Å². The van der Waals surface area contributed by atoms with E-state index in [1.165, 1.54) is 17.8 Å². The lowest BCUT2D eigenvalue weighted by Gasteiger charge is -2.33. The molecule has 0 saturated carbocycles. The molecule has 1 amide bonds. The Morgan fingerprint density at radius 2 is 2.06 bits per heavy atom. The molecule has 0 unspecified atom stereocenters. The summed E-state index contributed by atoms with van der Waals surface area (Å²) in [6, 6.07) is -0.501. The van der Waals surface area contributed by atoms with Gasteiger partial charge in [0.1, 0.15) is 5.83 Å². The minimum Gasteiger partial charge on any atom is -0.381 e. The summed E-state index contributed by atoms with van der Waals surface area (Å²) in [4.78, 5) is 15.9. The number of nitrogens with two attached hydrogens (primary N) is 1. The van der Waals surface area contributed by atoms with Gasteiger partial charge in [-0.3, -0.25) is 4.79 Å². The van der Waals surface area contributed by atoms with Crippen LogP contribution in [0.3, 0.4) is 0 Å². The van der Waals surface area contributed by atoms with Gasteiger partial charge in [-0.15, -0.1) is 11.8 Å². The molecule has 2 N–H and O–H groups in total. The summed E-state index contributed by atoms with van der Waals surface area (Å²) < 4.78 is 19.2. The Morgan fingerprint density at radius 3 is 2.84 bits per heavy atom. The van der Waals surface area contributed by atoms with E-state index in [0.717, 1.165) is 41.7 Å². The van der Waals surface area contributed by atoms with Gasteiger partial charge in [-0.1, -0.05) is 43.5 Å².